The molecule has 2 heterocycles. The fourth-order valence-electron chi connectivity index (χ4n) is 2.44. The number of fused-ring (bicyclic) bond motifs is 1. The van der Waals surface area contributed by atoms with Crippen LogP contribution in [0.2, 0.25) is 0 Å². The summed E-state index contributed by atoms with van der Waals surface area (Å²) in [5.41, 5.74) is 2.40. The molecule has 0 amide bonds. The largest absolute Gasteiger partial charge is 0.365 e. The normalized spacial score (nSPS) is 10.7. The second-order valence-electron chi connectivity index (χ2n) is 5.11. The van der Waals surface area contributed by atoms with E-state index in [9.17, 15) is 4.39 Å². The van der Waals surface area contributed by atoms with Crippen molar-refractivity contribution < 1.29 is 4.39 Å². The molecule has 0 fully saturated rings. The minimum atomic E-state index is -0.273. The molecule has 1 N–H and O–H groups in total. The van der Waals surface area contributed by atoms with E-state index < -0.39 is 0 Å². The maximum atomic E-state index is 13.0. The fraction of sp³-hybridized carbons (Fsp3) is 0.250. The summed E-state index contributed by atoms with van der Waals surface area (Å²) in [4.78, 5) is 8.49. The Morgan fingerprint density at radius 3 is 2.65 bits per heavy atom. The Morgan fingerprint density at radius 1 is 1.26 bits per heavy atom. The number of rotatable bonds is 4. The van der Waals surface area contributed by atoms with Crippen LogP contribution in [0.4, 0.5) is 10.2 Å². The minimum Gasteiger partial charge on any atom is -0.365 e. The van der Waals surface area contributed by atoms with Gasteiger partial charge in [0.1, 0.15) is 17.7 Å². The zero-order valence-electron chi connectivity index (χ0n) is 12.8. The lowest BCUT2D eigenvalue weighted by molar-refractivity contribution is 0.627. The summed E-state index contributed by atoms with van der Waals surface area (Å²) in [7, 11) is 1.79. The minimum absolute atomic E-state index is 0.0877. The molecule has 7 heteroatoms. The van der Waals surface area contributed by atoms with E-state index in [1.807, 2.05) is 13.0 Å². The number of nitriles is 1. The summed E-state index contributed by atoms with van der Waals surface area (Å²) < 4.78 is 14.6. The topological polar surface area (TPSA) is 79.4 Å². The molecule has 0 atom stereocenters. The van der Waals surface area contributed by atoms with E-state index in [0.29, 0.717) is 18.0 Å². The van der Waals surface area contributed by atoms with Crippen LogP contribution in [0.25, 0.3) is 11.0 Å². The van der Waals surface area contributed by atoms with Crippen molar-refractivity contribution in [2.24, 2.45) is 7.05 Å². The fourth-order valence-corrected chi connectivity index (χ4v) is 2.44. The molecular formula is C16H15FN6. The van der Waals surface area contributed by atoms with Crippen LogP contribution in [-0.2, 0) is 20.0 Å². The number of nitrogens with one attached hydrogen (secondary N) is 1. The van der Waals surface area contributed by atoms with Gasteiger partial charge in [-0.1, -0.05) is 19.1 Å². The van der Waals surface area contributed by atoms with E-state index in [2.05, 4.69) is 20.4 Å². The summed E-state index contributed by atoms with van der Waals surface area (Å²) in [5, 5.41) is 17.6. The van der Waals surface area contributed by atoms with Crippen LogP contribution in [0.1, 0.15) is 24.0 Å². The van der Waals surface area contributed by atoms with Gasteiger partial charge in [0.05, 0.1) is 11.1 Å². The first-order valence-corrected chi connectivity index (χ1v) is 7.24. The summed E-state index contributed by atoms with van der Waals surface area (Å²) in [6.07, 6.45) is 0.734. The molecule has 0 aliphatic carbocycles. The van der Waals surface area contributed by atoms with Gasteiger partial charge < -0.3 is 5.32 Å². The second kappa shape index (κ2) is 6.01. The Labute approximate surface area is 132 Å². The number of aryl methyl sites for hydroxylation is 2. The highest BCUT2D eigenvalue weighted by atomic mass is 19.1. The highest BCUT2D eigenvalue weighted by Crippen LogP contribution is 2.24. The van der Waals surface area contributed by atoms with E-state index in [1.165, 1.54) is 12.1 Å². The summed E-state index contributed by atoms with van der Waals surface area (Å²) >= 11 is 0. The van der Waals surface area contributed by atoms with Crippen molar-refractivity contribution in [2.75, 3.05) is 5.32 Å². The lowest BCUT2D eigenvalue weighted by Gasteiger charge is -2.08. The van der Waals surface area contributed by atoms with Gasteiger partial charge in [-0.3, -0.25) is 0 Å². The third-order valence-electron chi connectivity index (χ3n) is 3.56. The van der Waals surface area contributed by atoms with Gasteiger partial charge in [0.2, 0.25) is 5.82 Å². The molecule has 2 aromatic heterocycles. The third kappa shape index (κ3) is 2.83. The van der Waals surface area contributed by atoms with Gasteiger partial charge in [0.25, 0.3) is 0 Å². The first-order chi connectivity index (χ1) is 11.1. The molecular weight excluding hydrogens is 295 g/mol. The highest BCUT2D eigenvalue weighted by molar-refractivity contribution is 5.89. The van der Waals surface area contributed by atoms with Crippen molar-refractivity contribution in [1.82, 2.24) is 19.7 Å². The van der Waals surface area contributed by atoms with Crippen molar-refractivity contribution in [2.45, 2.75) is 19.9 Å². The molecule has 1 aromatic carbocycles. The van der Waals surface area contributed by atoms with Crippen LogP contribution < -0.4 is 5.32 Å². The summed E-state index contributed by atoms with van der Waals surface area (Å²) in [6.45, 7) is 2.47. The average Bonchev–Trinajstić information content (AvgIpc) is 2.90. The van der Waals surface area contributed by atoms with Gasteiger partial charge in [0.15, 0.2) is 5.65 Å². The van der Waals surface area contributed by atoms with Crippen molar-refractivity contribution in [3.8, 4) is 6.07 Å². The first kappa shape index (κ1) is 14.9. The molecule has 3 aromatic rings. The van der Waals surface area contributed by atoms with Gasteiger partial charge in [-0.15, -0.1) is 0 Å². The molecule has 0 radical (unpaired) electrons. The van der Waals surface area contributed by atoms with Crippen molar-refractivity contribution in [3.63, 3.8) is 0 Å². The van der Waals surface area contributed by atoms with Gasteiger partial charge >= 0.3 is 0 Å². The van der Waals surface area contributed by atoms with Crippen LogP contribution >= 0.6 is 0 Å². The lowest BCUT2D eigenvalue weighted by atomic mass is 10.2. The molecule has 0 bridgehead atoms. The molecule has 3 rings (SSSR count). The summed E-state index contributed by atoms with van der Waals surface area (Å²) in [5.74, 6) is 0.385. The molecule has 0 saturated carbocycles. The van der Waals surface area contributed by atoms with Crippen LogP contribution in [0.3, 0.4) is 0 Å². The third-order valence-corrected chi connectivity index (χ3v) is 3.56. The SMILES string of the molecule is CCc1nn(C)c2nc(C#N)nc(NCc3ccc(F)cc3)c12. The van der Waals surface area contributed by atoms with Gasteiger partial charge in [0, 0.05) is 13.6 Å². The number of hydrogen-bond acceptors (Lipinski definition) is 5. The smallest absolute Gasteiger partial charge is 0.236 e. The van der Waals surface area contributed by atoms with Crippen LogP contribution in [-0.4, -0.2) is 19.7 Å². The molecule has 0 aliphatic heterocycles. The Balaban J connectivity index is 2.01. The maximum Gasteiger partial charge on any atom is 0.236 e. The Bertz CT molecular complexity index is 892. The van der Waals surface area contributed by atoms with Crippen molar-refractivity contribution in [3.05, 3.63) is 47.2 Å². The molecule has 0 spiro atoms. The van der Waals surface area contributed by atoms with E-state index >= 15 is 0 Å². The van der Waals surface area contributed by atoms with E-state index in [0.717, 1.165) is 23.1 Å². The predicted octanol–water partition coefficient (Wildman–Crippen LogP) is 2.55. The Kier molecular flexibility index (Phi) is 3.89. The average molecular weight is 310 g/mol. The van der Waals surface area contributed by atoms with Crippen LogP contribution in [0.15, 0.2) is 24.3 Å². The van der Waals surface area contributed by atoms with Crippen molar-refractivity contribution >= 4 is 16.9 Å². The van der Waals surface area contributed by atoms with Crippen molar-refractivity contribution in [1.29, 1.82) is 5.26 Å². The second-order valence-corrected chi connectivity index (χ2v) is 5.11. The predicted molar refractivity (Wildman–Crippen MR) is 84.1 cm³/mol. The number of aromatic nitrogens is 4. The van der Waals surface area contributed by atoms with E-state index in [-0.39, 0.29) is 11.6 Å². The zero-order chi connectivity index (χ0) is 16.4. The van der Waals surface area contributed by atoms with Crippen LogP contribution in [0.5, 0.6) is 0 Å². The van der Waals surface area contributed by atoms with E-state index in [1.54, 1.807) is 23.9 Å². The summed E-state index contributed by atoms with van der Waals surface area (Å²) in [6, 6.07) is 8.20. The maximum absolute atomic E-state index is 13.0. The molecule has 116 valence electrons. The van der Waals surface area contributed by atoms with Crippen LogP contribution in [0, 0.1) is 17.1 Å². The molecule has 0 unspecified atom stereocenters. The number of hydrogen-bond donors (Lipinski definition) is 1. The Hall–Kier alpha value is -3.01. The standard InChI is InChI=1S/C16H15FN6/c1-3-12-14-15(19-9-10-4-6-11(17)7-5-10)20-13(8-18)21-16(14)23(2)22-12/h4-7H,3,9H2,1-2H3,(H,19,20,21). The lowest BCUT2D eigenvalue weighted by Crippen LogP contribution is -2.05. The highest BCUT2D eigenvalue weighted by Gasteiger charge is 2.16. The quantitative estimate of drug-likeness (QED) is 0.801. The van der Waals surface area contributed by atoms with Gasteiger partial charge in [-0.2, -0.15) is 15.3 Å². The van der Waals surface area contributed by atoms with Gasteiger partial charge in [-0.05, 0) is 24.1 Å². The van der Waals surface area contributed by atoms with Gasteiger partial charge in [-0.25, -0.2) is 14.1 Å². The molecule has 0 saturated heterocycles. The molecule has 6 nitrogen and oxygen atoms in total. The first-order valence-electron chi connectivity index (χ1n) is 7.24. The number of halogens is 1. The Morgan fingerprint density at radius 2 is 2.00 bits per heavy atom. The van der Waals surface area contributed by atoms with E-state index in [4.69, 9.17) is 5.26 Å². The number of benzene rings is 1. The molecule has 0 aliphatic rings. The number of anilines is 1. The number of nitrogens with zero attached hydrogens (tertiary/aromatic N) is 5. The monoisotopic (exact) mass is 310 g/mol. The zero-order valence-corrected chi connectivity index (χ0v) is 12.8. The molecule has 23 heavy (non-hydrogen) atoms.